The minimum atomic E-state index is -0.760. The molecule has 0 aromatic carbocycles. The fourth-order valence-corrected chi connectivity index (χ4v) is 3.97. The number of aliphatic hydroxyl groups excluding tert-OH is 1. The SMILES string of the molecule is CC(C)=CCN1CCC2(CC1)C[C@@](C)(NC(=O)c1coc(C)n1)[C@H](O)CO2.O=CO. The Bertz CT molecular complexity index is 750. The summed E-state index contributed by atoms with van der Waals surface area (Å²) in [7, 11) is 0. The molecule has 0 saturated carbocycles. The first-order valence-electron chi connectivity index (χ1n) is 10.1. The fraction of sp³-hybridized carbons (Fsp3) is 0.667. The van der Waals surface area contributed by atoms with E-state index in [1.165, 1.54) is 11.8 Å². The highest BCUT2D eigenvalue weighted by Gasteiger charge is 2.50. The van der Waals surface area contributed by atoms with Gasteiger partial charge in [0.1, 0.15) is 12.4 Å². The van der Waals surface area contributed by atoms with Gasteiger partial charge >= 0.3 is 0 Å². The normalized spacial score (nSPS) is 25.7. The van der Waals surface area contributed by atoms with Gasteiger partial charge in [0.15, 0.2) is 11.6 Å². The first-order valence-corrected chi connectivity index (χ1v) is 10.1. The molecule has 0 bridgehead atoms. The van der Waals surface area contributed by atoms with Crippen LogP contribution in [0.4, 0.5) is 0 Å². The molecule has 30 heavy (non-hydrogen) atoms. The molecular weight excluding hydrogens is 390 g/mol. The van der Waals surface area contributed by atoms with Gasteiger partial charge in [-0.2, -0.15) is 0 Å². The summed E-state index contributed by atoms with van der Waals surface area (Å²) < 4.78 is 11.2. The number of carbonyl (C=O) groups is 2. The summed E-state index contributed by atoms with van der Waals surface area (Å²) in [4.78, 5) is 27.4. The van der Waals surface area contributed by atoms with Crippen molar-refractivity contribution in [3.05, 3.63) is 29.5 Å². The molecule has 3 rings (SSSR count). The van der Waals surface area contributed by atoms with E-state index in [0.29, 0.717) is 12.3 Å². The largest absolute Gasteiger partial charge is 0.483 e. The number of piperidine rings is 1. The van der Waals surface area contributed by atoms with Gasteiger partial charge in [-0.05, 0) is 33.6 Å². The molecule has 1 aromatic heterocycles. The van der Waals surface area contributed by atoms with E-state index >= 15 is 0 Å². The van der Waals surface area contributed by atoms with E-state index in [1.807, 2.05) is 6.92 Å². The van der Waals surface area contributed by atoms with Crippen LogP contribution in [0.5, 0.6) is 0 Å². The Morgan fingerprint density at radius 1 is 1.40 bits per heavy atom. The second-order valence-electron chi connectivity index (χ2n) is 8.50. The van der Waals surface area contributed by atoms with Crippen molar-refractivity contribution >= 4 is 12.4 Å². The zero-order valence-corrected chi connectivity index (χ0v) is 18.2. The number of aliphatic hydroxyl groups is 1. The van der Waals surface area contributed by atoms with E-state index in [9.17, 15) is 9.90 Å². The molecule has 0 aliphatic carbocycles. The average molecular weight is 424 g/mol. The molecule has 0 radical (unpaired) electrons. The molecule has 1 amide bonds. The van der Waals surface area contributed by atoms with E-state index in [4.69, 9.17) is 19.1 Å². The Morgan fingerprint density at radius 2 is 2.03 bits per heavy atom. The van der Waals surface area contributed by atoms with Crippen molar-refractivity contribution in [2.45, 2.75) is 64.2 Å². The van der Waals surface area contributed by atoms with Crippen molar-refractivity contribution in [1.29, 1.82) is 0 Å². The summed E-state index contributed by atoms with van der Waals surface area (Å²) >= 11 is 0. The minimum absolute atomic E-state index is 0.225. The topological polar surface area (TPSA) is 125 Å². The van der Waals surface area contributed by atoms with Gasteiger partial charge in [0.05, 0.1) is 17.7 Å². The second kappa shape index (κ2) is 10.2. The predicted octanol–water partition coefficient (Wildman–Crippen LogP) is 1.75. The number of nitrogens with zero attached hydrogens (tertiary/aromatic N) is 2. The number of aromatic nitrogens is 1. The molecule has 9 nitrogen and oxygen atoms in total. The molecule has 1 spiro atoms. The maximum atomic E-state index is 12.5. The number of nitrogens with one attached hydrogen (secondary N) is 1. The molecule has 3 heterocycles. The van der Waals surface area contributed by atoms with Crippen molar-refractivity contribution < 1.29 is 29.0 Å². The van der Waals surface area contributed by atoms with Gasteiger partial charge in [0.25, 0.3) is 12.4 Å². The Balaban J connectivity index is 0.00000101. The van der Waals surface area contributed by atoms with Crippen LogP contribution in [0.15, 0.2) is 22.3 Å². The third kappa shape index (κ3) is 6.13. The van der Waals surface area contributed by atoms with Crippen LogP contribution >= 0.6 is 0 Å². The van der Waals surface area contributed by atoms with E-state index in [-0.39, 0.29) is 30.3 Å². The molecule has 3 N–H and O–H groups in total. The highest BCUT2D eigenvalue weighted by atomic mass is 16.5. The summed E-state index contributed by atoms with van der Waals surface area (Å²) in [5.74, 6) is 0.115. The number of hydrogen-bond donors (Lipinski definition) is 3. The number of amides is 1. The molecule has 2 atom stereocenters. The minimum Gasteiger partial charge on any atom is -0.483 e. The van der Waals surface area contributed by atoms with Gasteiger partial charge in [-0.25, -0.2) is 4.98 Å². The zero-order chi connectivity index (χ0) is 22.4. The lowest BCUT2D eigenvalue weighted by Gasteiger charge is -2.51. The monoisotopic (exact) mass is 423 g/mol. The smallest absolute Gasteiger partial charge is 0.290 e. The van der Waals surface area contributed by atoms with Gasteiger partial charge in [-0.1, -0.05) is 11.6 Å². The van der Waals surface area contributed by atoms with Crippen LogP contribution in [-0.4, -0.2) is 76.0 Å². The van der Waals surface area contributed by atoms with Gasteiger partial charge < -0.3 is 24.7 Å². The van der Waals surface area contributed by atoms with E-state index in [0.717, 1.165) is 32.5 Å². The van der Waals surface area contributed by atoms with E-state index in [2.05, 4.69) is 35.1 Å². The Kier molecular flexibility index (Phi) is 8.17. The summed E-state index contributed by atoms with van der Waals surface area (Å²) in [6, 6.07) is 0. The first-order chi connectivity index (χ1) is 14.1. The zero-order valence-electron chi connectivity index (χ0n) is 18.2. The summed E-state index contributed by atoms with van der Waals surface area (Å²) in [6.07, 6.45) is 5.20. The Labute approximate surface area is 177 Å². The highest BCUT2D eigenvalue weighted by molar-refractivity contribution is 5.92. The predicted molar refractivity (Wildman–Crippen MR) is 110 cm³/mol. The third-order valence-corrected chi connectivity index (χ3v) is 5.75. The number of rotatable bonds is 4. The van der Waals surface area contributed by atoms with Crippen molar-refractivity contribution in [1.82, 2.24) is 15.2 Å². The fourth-order valence-electron chi connectivity index (χ4n) is 3.97. The van der Waals surface area contributed by atoms with Gasteiger partial charge in [-0.15, -0.1) is 0 Å². The Hall–Kier alpha value is -2.23. The number of ether oxygens (including phenoxy) is 1. The van der Waals surface area contributed by atoms with Gasteiger partial charge in [0.2, 0.25) is 0 Å². The molecule has 1 aromatic rings. The lowest BCUT2D eigenvalue weighted by Crippen LogP contribution is -2.65. The molecule has 2 aliphatic rings. The van der Waals surface area contributed by atoms with E-state index in [1.54, 1.807) is 6.92 Å². The van der Waals surface area contributed by atoms with Crippen molar-refractivity contribution in [3.8, 4) is 0 Å². The number of allylic oxidation sites excluding steroid dienone is 1. The average Bonchev–Trinajstić information content (AvgIpc) is 3.12. The lowest BCUT2D eigenvalue weighted by atomic mass is 9.74. The van der Waals surface area contributed by atoms with E-state index < -0.39 is 11.6 Å². The van der Waals surface area contributed by atoms with Crippen LogP contribution in [0.25, 0.3) is 0 Å². The maximum absolute atomic E-state index is 12.5. The van der Waals surface area contributed by atoms with Crippen LogP contribution in [0.2, 0.25) is 0 Å². The van der Waals surface area contributed by atoms with Crippen LogP contribution < -0.4 is 5.32 Å². The van der Waals surface area contributed by atoms with Crippen LogP contribution in [0, 0.1) is 6.92 Å². The van der Waals surface area contributed by atoms with Crippen LogP contribution in [0.3, 0.4) is 0 Å². The van der Waals surface area contributed by atoms with Crippen LogP contribution in [-0.2, 0) is 9.53 Å². The molecule has 2 saturated heterocycles. The molecule has 2 fully saturated rings. The quantitative estimate of drug-likeness (QED) is 0.494. The summed E-state index contributed by atoms with van der Waals surface area (Å²) in [5, 5.41) is 20.4. The summed E-state index contributed by atoms with van der Waals surface area (Å²) in [5.41, 5.74) is 0.496. The number of aryl methyl sites for hydroxylation is 1. The van der Waals surface area contributed by atoms with Crippen molar-refractivity contribution in [2.24, 2.45) is 0 Å². The first kappa shape index (κ1) is 24.0. The number of oxazole rings is 1. The lowest BCUT2D eigenvalue weighted by molar-refractivity contribution is -0.176. The third-order valence-electron chi connectivity index (χ3n) is 5.75. The number of carbonyl (C=O) groups excluding carboxylic acids is 1. The number of carboxylic acid groups (broad SMARTS) is 1. The molecule has 0 unspecified atom stereocenters. The molecule has 9 heteroatoms. The van der Waals surface area contributed by atoms with Gasteiger partial charge in [0, 0.05) is 33.0 Å². The number of hydrogen-bond acceptors (Lipinski definition) is 7. The van der Waals surface area contributed by atoms with Crippen LogP contribution in [0.1, 0.15) is 56.4 Å². The van der Waals surface area contributed by atoms with Gasteiger partial charge in [-0.3, -0.25) is 14.5 Å². The van der Waals surface area contributed by atoms with Crippen molar-refractivity contribution in [2.75, 3.05) is 26.2 Å². The molecule has 2 aliphatic heterocycles. The molecule has 168 valence electrons. The highest BCUT2D eigenvalue weighted by Crippen LogP contribution is 2.39. The molecular formula is C21H33N3O6. The number of likely N-dealkylation sites (tertiary alicyclic amines) is 1. The van der Waals surface area contributed by atoms with Crippen molar-refractivity contribution in [3.63, 3.8) is 0 Å². The summed E-state index contributed by atoms with van der Waals surface area (Å²) in [6.45, 7) is 10.6. The second-order valence-corrected chi connectivity index (χ2v) is 8.50. The Morgan fingerprint density at radius 3 is 2.57 bits per heavy atom. The maximum Gasteiger partial charge on any atom is 0.290 e. The standard InChI is InChI=1S/C20H31N3O4.CH2O2/c1-14(2)5-8-23-9-6-20(7-10-23)13-19(4,17(24)12-27-20)22-18(25)16-11-26-15(3)21-16;2-1-3/h5,11,17,24H,6-10,12-13H2,1-4H3,(H,22,25);1H,(H,2,3)/t17-,19-;/m1./s1.